The van der Waals surface area contributed by atoms with Crippen LogP contribution in [0.15, 0.2) is 12.1 Å². The fourth-order valence-electron chi connectivity index (χ4n) is 2.88. The molecular weight excluding hydrogens is 248 g/mol. The molecule has 1 aromatic carbocycles. The molecule has 0 saturated carbocycles. The zero-order valence-electron chi connectivity index (χ0n) is 11.5. The van der Waals surface area contributed by atoms with Gasteiger partial charge in [0.2, 0.25) is 0 Å². The van der Waals surface area contributed by atoms with E-state index in [0.717, 1.165) is 25.9 Å². The van der Waals surface area contributed by atoms with E-state index in [-0.39, 0.29) is 11.4 Å². The molecule has 2 N–H and O–H groups in total. The lowest BCUT2D eigenvalue weighted by Gasteiger charge is -2.29. The summed E-state index contributed by atoms with van der Waals surface area (Å²) in [5.41, 5.74) is 5.55. The molecule has 19 heavy (non-hydrogen) atoms. The Kier molecular flexibility index (Phi) is 4.24. The van der Waals surface area contributed by atoms with Gasteiger partial charge in [0.1, 0.15) is 5.69 Å². The maximum Gasteiger partial charge on any atom is 0.151 e. The van der Waals surface area contributed by atoms with E-state index in [1.165, 1.54) is 12.1 Å². The van der Waals surface area contributed by atoms with Crippen molar-refractivity contribution in [1.82, 2.24) is 4.90 Å². The first-order valence-electron chi connectivity index (χ1n) is 6.72. The van der Waals surface area contributed by atoms with E-state index in [2.05, 4.69) is 11.8 Å². The van der Waals surface area contributed by atoms with Crippen LogP contribution in [-0.4, -0.2) is 37.6 Å². The number of nitrogen functional groups attached to an aromatic ring is 1. The number of rotatable bonds is 4. The normalized spacial score (nSPS) is 19.9. The first-order valence-corrected chi connectivity index (χ1v) is 6.72. The summed E-state index contributed by atoms with van der Waals surface area (Å²) in [6.45, 7) is 4.79. The summed E-state index contributed by atoms with van der Waals surface area (Å²) in [6.07, 6.45) is 2.23. The van der Waals surface area contributed by atoms with Gasteiger partial charge >= 0.3 is 0 Å². The minimum absolute atomic E-state index is 0.0113. The van der Waals surface area contributed by atoms with Gasteiger partial charge in [-0.2, -0.15) is 0 Å². The smallest absolute Gasteiger partial charge is 0.151 e. The van der Waals surface area contributed by atoms with Gasteiger partial charge in [-0.15, -0.1) is 0 Å². The van der Waals surface area contributed by atoms with Gasteiger partial charge in [-0.1, -0.05) is 6.92 Å². The predicted octanol–water partition coefficient (Wildman–Crippen LogP) is 2.47. The Hall–Kier alpha value is -1.36. The van der Waals surface area contributed by atoms with E-state index < -0.39 is 11.6 Å². The van der Waals surface area contributed by atoms with Gasteiger partial charge in [0, 0.05) is 25.3 Å². The van der Waals surface area contributed by atoms with Crippen LogP contribution in [0.5, 0.6) is 0 Å². The van der Waals surface area contributed by atoms with Crippen LogP contribution in [0, 0.1) is 11.6 Å². The number of halogens is 2. The summed E-state index contributed by atoms with van der Waals surface area (Å²) in [7, 11) is 1.73. The maximum absolute atomic E-state index is 13.8. The van der Waals surface area contributed by atoms with Crippen LogP contribution < -0.4 is 10.6 Å². The highest BCUT2D eigenvalue weighted by atomic mass is 19.1. The molecule has 106 valence electrons. The third kappa shape index (κ3) is 2.97. The third-order valence-electron chi connectivity index (χ3n) is 3.81. The molecule has 1 unspecified atom stereocenters. The van der Waals surface area contributed by atoms with Gasteiger partial charge in [-0.25, -0.2) is 8.78 Å². The molecule has 1 aliphatic heterocycles. The lowest BCUT2D eigenvalue weighted by Crippen LogP contribution is -2.39. The Bertz CT molecular complexity index is 427. The predicted molar refractivity (Wildman–Crippen MR) is 74.3 cm³/mol. The zero-order chi connectivity index (χ0) is 14.0. The molecule has 5 heteroatoms. The zero-order valence-corrected chi connectivity index (χ0v) is 11.5. The number of likely N-dealkylation sites (N-methyl/N-ethyl adjacent to an activating group) is 2. The van der Waals surface area contributed by atoms with Crippen molar-refractivity contribution in [2.45, 2.75) is 25.8 Å². The fourth-order valence-corrected chi connectivity index (χ4v) is 2.88. The van der Waals surface area contributed by atoms with Crippen LogP contribution in [0.3, 0.4) is 0 Å². The van der Waals surface area contributed by atoms with E-state index in [0.29, 0.717) is 12.6 Å². The van der Waals surface area contributed by atoms with Crippen LogP contribution in [-0.2, 0) is 0 Å². The van der Waals surface area contributed by atoms with Crippen LogP contribution >= 0.6 is 0 Å². The quantitative estimate of drug-likeness (QED) is 0.852. The van der Waals surface area contributed by atoms with Gasteiger partial charge in [0.25, 0.3) is 0 Å². The minimum Gasteiger partial charge on any atom is -0.399 e. The summed E-state index contributed by atoms with van der Waals surface area (Å²) in [4.78, 5) is 4.01. The average Bonchev–Trinajstić information content (AvgIpc) is 2.74. The van der Waals surface area contributed by atoms with E-state index in [4.69, 9.17) is 5.73 Å². The molecule has 0 aliphatic carbocycles. The van der Waals surface area contributed by atoms with E-state index in [1.54, 1.807) is 11.9 Å². The van der Waals surface area contributed by atoms with Gasteiger partial charge in [-0.05, 0) is 38.1 Å². The van der Waals surface area contributed by atoms with Crippen molar-refractivity contribution in [2.75, 3.05) is 37.3 Å². The van der Waals surface area contributed by atoms with E-state index in [9.17, 15) is 8.78 Å². The fraction of sp³-hybridized carbons (Fsp3) is 0.571. The van der Waals surface area contributed by atoms with Gasteiger partial charge in [0.05, 0.1) is 0 Å². The second-order valence-electron chi connectivity index (χ2n) is 5.14. The van der Waals surface area contributed by atoms with Crippen LogP contribution in [0.25, 0.3) is 0 Å². The number of anilines is 2. The molecule has 0 amide bonds. The molecule has 1 aromatic rings. The van der Waals surface area contributed by atoms with Crippen molar-refractivity contribution < 1.29 is 8.78 Å². The second-order valence-corrected chi connectivity index (χ2v) is 5.14. The van der Waals surface area contributed by atoms with Crippen molar-refractivity contribution >= 4 is 11.4 Å². The summed E-state index contributed by atoms with van der Waals surface area (Å²) < 4.78 is 27.7. The van der Waals surface area contributed by atoms with Crippen LogP contribution in [0.1, 0.15) is 19.8 Å². The molecule has 0 spiro atoms. The molecule has 1 heterocycles. The number of hydrogen-bond donors (Lipinski definition) is 1. The molecule has 0 radical (unpaired) electrons. The number of likely N-dealkylation sites (tertiary alicyclic amines) is 1. The lowest BCUT2D eigenvalue weighted by molar-refractivity contribution is 0.270. The van der Waals surface area contributed by atoms with Crippen molar-refractivity contribution in [2.24, 2.45) is 0 Å². The van der Waals surface area contributed by atoms with E-state index in [1.807, 2.05) is 0 Å². The lowest BCUT2D eigenvalue weighted by atomic mass is 10.2. The van der Waals surface area contributed by atoms with Crippen molar-refractivity contribution in [3.05, 3.63) is 23.8 Å². The Labute approximate surface area is 113 Å². The number of benzene rings is 1. The van der Waals surface area contributed by atoms with Crippen molar-refractivity contribution in [1.29, 1.82) is 0 Å². The largest absolute Gasteiger partial charge is 0.399 e. The topological polar surface area (TPSA) is 32.5 Å². The van der Waals surface area contributed by atoms with Crippen molar-refractivity contribution in [3.8, 4) is 0 Å². The summed E-state index contributed by atoms with van der Waals surface area (Å²) in [5, 5.41) is 0. The molecule has 0 aromatic heterocycles. The standard InChI is InChI=1S/C14H21F2N3/c1-3-19-6-4-5-11(19)9-18(2)14-12(15)7-10(17)8-13(14)16/h7-8,11H,3-6,9,17H2,1-2H3. The average molecular weight is 269 g/mol. The molecule has 1 saturated heterocycles. The third-order valence-corrected chi connectivity index (χ3v) is 3.81. The Morgan fingerprint density at radius 3 is 2.58 bits per heavy atom. The minimum atomic E-state index is -0.596. The highest BCUT2D eigenvalue weighted by Gasteiger charge is 2.26. The van der Waals surface area contributed by atoms with Gasteiger partial charge in [-0.3, -0.25) is 4.90 Å². The highest BCUT2D eigenvalue weighted by molar-refractivity contribution is 5.55. The van der Waals surface area contributed by atoms with Crippen LogP contribution in [0.4, 0.5) is 20.2 Å². The Morgan fingerprint density at radius 1 is 1.37 bits per heavy atom. The van der Waals surface area contributed by atoms with Crippen LogP contribution in [0.2, 0.25) is 0 Å². The molecule has 0 bridgehead atoms. The molecule has 3 nitrogen and oxygen atoms in total. The van der Waals surface area contributed by atoms with Crippen molar-refractivity contribution in [3.63, 3.8) is 0 Å². The van der Waals surface area contributed by atoms with E-state index >= 15 is 0 Å². The summed E-state index contributed by atoms with van der Waals surface area (Å²) in [5.74, 6) is -1.19. The molecule has 1 atom stereocenters. The SMILES string of the molecule is CCN1CCCC1CN(C)c1c(F)cc(N)cc1F. The Balaban J connectivity index is 2.14. The van der Waals surface area contributed by atoms with Gasteiger partial charge in [0.15, 0.2) is 11.6 Å². The monoisotopic (exact) mass is 269 g/mol. The number of nitrogens with zero attached hydrogens (tertiary/aromatic N) is 2. The van der Waals surface area contributed by atoms with Gasteiger partial charge < -0.3 is 10.6 Å². The molecule has 1 aliphatic rings. The highest BCUT2D eigenvalue weighted by Crippen LogP contribution is 2.27. The number of nitrogens with two attached hydrogens (primary N) is 1. The summed E-state index contributed by atoms with van der Waals surface area (Å²) in [6, 6.07) is 2.70. The second kappa shape index (κ2) is 5.74. The molecular formula is C14H21F2N3. The first kappa shape index (κ1) is 14.1. The maximum atomic E-state index is 13.8. The molecule has 1 fully saturated rings. The summed E-state index contributed by atoms with van der Waals surface area (Å²) >= 11 is 0. The Morgan fingerprint density at radius 2 is 2.00 bits per heavy atom. The molecule has 2 rings (SSSR count). The number of hydrogen-bond acceptors (Lipinski definition) is 3. The first-order chi connectivity index (χ1) is 9.02.